The Balaban J connectivity index is 1.80. The first-order valence-corrected chi connectivity index (χ1v) is 8.67. The van der Waals surface area contributed by atoms with Gasteiger partial charge in [-0.1, -0.05) is 25.4 Å². The summed E-state index contributed by atoms with van der Waals surface area (Å²) in [7, 11) is 0. The second-order valence-corrected chi connectivity index (χ2v) is 6.98. The highest BCUT2D eigenvalue weighted by Gasteiger charge is 2.27. The van der Waals surface area contributed by atoms with E-state index in [1.165, 1.54) is 0 Å². The fraction of sp³-hybridized carbons (Fsp3) is 0.556. The van der Waals surface area contributed by atoms with Gasteiger partial charge in [-0.3, -0.25) is 9.59 Å². The maximum absolute atomic E-state index is 12.4. The van der Waals surface area contributed by atoms with E-state index in [0.717, 1.165) is 25.8 Å². The third-order valence-electron chi connectivity index (χ3n) is 4.27. The van der Waals surface area contributed by atoms with Gasteiger partial charge in [-0.05, 0) is 49.4 Å². The Bertz CT molecular complexity index is 534. The smallest absolute Gasteiger partial charge is 0.253 e. The van der Waals surface area contributed by atoms with E-state index >= 15 is 0 Å². The van der Waals surface area contributed by atoms with Gasteiger partial charge in [-0.2, -0.15) is 0 Å². The predicted octanol–water partition coefficient (Wildman–Crippen LogP) is 3.35. The van der Waals surface area contributed by atoms with Crippen molar-refractivity contribution in [2.24, 2.45) is 11.8 Å². The molecule has 126 valence electrons. The van der Waals surface area contributed by atoms with Gasteiger partial charge >= 0.3 is 0 Å². The number of nitrogens with zero attached hydrogens (tertiary/aromatic N) is 1. The molecule has 0 saturated carbocycles. The molecule has 0 radical (unpaired) electrons. The average molecular weight is 337 g/mol. The van der Waals surface area contributed by atoms with Gasteiger partial charge in [0.15, 0.2) is 0 Å². The van der Waals surface area contributed by atoms with Crippen molar-refractivity contribution in [2.75, 3.05) is 19.6 Å². The van der Waals surface area contributed by atoms with Crippen LogP contribution >= 0.6 is 11.6 Å². The third-order valence-corrected chi connectivity index (χ3v) is 4.52. The van der Waals surface area contributed by atoms with Crippen molar-refractivity contribution in [1.82, 2.24) is 10.2 Å². The predicted molar refractivity (Wildman–Crippen MR) is 92.5 cm³/mol. The lowest BCUT2D eigenvalue weighted by atomic mass is 9.95. The largest absolute Gasteiger partial charge is 0.356 e. The Labute approximate surface area is 143 Å². The minimum Gasteiger partial charge on any atom is -0.356 e. The first-order chi connectivity index (χ1) is 11.0. The van der Waals surface area contributed by atoms with Crippen LogP contribution in [0.2, 0.25) is 5.02 Å². The van der Waals surface area contributed by atoms with Crippen molar-refractivity contribution >= 4 is 23.4 Å². The highest BCUT2D eigenvalue weighted by Crippen LogP contribution is 2.20. The molecule has 0 bridgehead atoms. The summed E-state index contributed by atoms with van der Waals surface area (Å²) < 4.78 is 0. The molecule has 1 N–H and O–H groups in total. The minimum absolute atomic E-state index is 0.0142. The van der Waals surface area contributed by atoms with Crippen molar-refractivity contribution in [1.29, 1.82) is 0 Å². The van der Waals surface area contributed by atoms with E-state index in [-0.39, 0.29) is 17.7 Å². The molecule has 0 aliphatic carbocycles. The number of halogens is 1. The Morgan fingerprint density at radius 1 is 1.22 bits per heavy atom. The molecule has 4 nitrogen and oxygen atoms in total. The van der Waals surface area contributed by atoms with Crippen LogP contribution in [-0.4, -0.2) is 36.3 Å². The van der Waals surface area contributed by atoms with E-state index in [4.69, 9.17) is 11.6 Å². The van der Waals surface area contributed by atoms with Crippen molar-refractivity contribution < 1.29 is 9.59 Å². The summed E-state index contributed by atoms with van der Waals surface area (Å²) in [6.45, 7) is 6.29. The zero-order valence-corrected chi connectivity index (χ0v) is 14.6. The Morgan fingerprint density at radius 3 is 2.39 bits per heavy atom. The normalized spacial score (nSPS) is 15.7. The van der Waals surface area contributed by atoms with Crippen LogP contribution in [0, 0.1) is 11.8 Å². The fourth-order valence-corrected chi connectivity index (χ4v) is 2.87. The van der Waals surface area contributed by atoms with E-state index in [1.54, 1.807) is 24.3 Å². The van der Waals surface area contributed by atoms with E-state index in [1.807, 2.05) is 4.90 Å². The number of benzene rings is 1. The molecule has 2 rings (SSSR count). The van der Waals surface area contributed by atoms with Gasteiger partial charge in [0.25, 0.3) is 5.91 Å². The van der Waals surface area contributed by atoms with Crippen LogP contribution in [0.4, 0.5) is 0 Å². The monoisotopic (exact) mass is 336 g/mol. The van der Waals surface area contributed by atoms with Crippen LogP contribution in [0.5, 0.6) is 0 Å². The number of carbonyl (C=O) groups is 2. The molecule has 5 heteroatoms. The van der Waals surface area contributed by atoms with Crippen molar-refractivity contribution in [3.63, 3.8) is 0 Å². The van der Waals surface area contributed by atoms with Crippen LogP contribution in [0.25, 0.3) is 0 Å². The lowest BCUT2D eigenvalue weighted by Crippen LogP contribution is -2.43. The molecule has 1 heterocycles. The number of carbonyl (C=O) groups excluding carboxylic acids is 2. The average Bonchev–Trinajstić information content (AvgIpc) is 2.54. The molecule has 0 atom stereocenters. The molecule has 0 unspecified atom stereocenters. The summed E-state index contributed by atoms with van der Waals surface area (Å²) in [6.07, 6.45) is 2.46. The minimum atomic E-state index is 0.0142. The highest BCUT2D eigenvalue weighted by atomic mass is 35.5. The summed E-state index contributed by atoms with van der Waals surface area (Å²) in [6, 6.07) is 6.94. The number of hydrogen-bond acceptors (Lipinski definition) is 2. The standard InChI is InChI=1S/C18H25ClN2O2/c1-13(2)7-10-20-17(22)14-8-11-21(12-9-14)18(23)15-3-5-16(19)6-4-15/h3-6,13-14H,7-12H2,1-2H3,(H,20,22). The third kappa shape index (κ3) is 5.24. The van der Waals surface area contributed by atoms with E-state index in [9.17, 15) is 9.59 Å². The summed E-state index contributed by atoms with van der Waals surface area (Å²) in [5, 5.41) is 3.63. The van der Waals surface area contributed by atoms with Crippen molar-refractivity contribution in [3.8, 4) is 0 Å². The second-order valence-electron chi connectivity index (χ2n) is 6.55. The zero-order chi connectivity index (χ0) is 16.8. The SMILES string of the molecule is CC(C)CCNC(=O)C1CCN(C(=O)c2ccc(Cl)cc2)CC1. The van der Waals surface area contributed by atoms with Gasteiger partial charge < -0.3 is 10.2 Å². The van der Waals surface area contributed by atoms with Gasteiger partial charge in [0.05, 0.1) is 0 Å². The molecule has 23 heavy (non-hydrogen) atoms. The summed E-state index contributed by atoms with van der Waals surface area (Å²) in [5.41, 5.74) is 0.647. The van der Waals surface area contributed by atoms with E-state index < -0.39 is 0 Å². The van der Waals surface area contributed by atoms with Gasteiger partial charge in [-0.25, -0.2) is 0 Å². The van der Waals surface area contributed by atoms with Crippen LogP contribution in [0.15, 0.2) is 24.3 Å². The number of likely N-dealkylation sites (tertiary alicyclic amines) is 1. The lowest BCUT2D eigenvalue weighted by molar-refractivity contribution is -0.126. The molecule has 1 aromatic carbocycles. The molecule has 1 saturated heterocycles. The fourth-order valence-electron chi connectivity index (χ4n) is 2.75. The topological polar surface area (TPSA) is 49.4 Å². The van der Waals surface area contributed by atoms with Gasteiger partial charge in [0, 0.05) is 36.1 Å². The highest BCUT2D eigenvalue weighted by molar-refractivity contribution is 6.30. The molecule has 0 aromatic heterocycles. The molecule has 2 amide bonds. The number of piperidine rings is 1. The van der Waals surface area contributed by atoms with Crippen molar-refractivity contribution in [3.05, 3.63) is 34.9 Å². The molecule has 1 aliphatic rings. The first kappa shape index (κ1) is 17.8. The zero-order valence-electron chi connectivity index (χ0n) is 13.8. The van der Waals surface area contributed by atoms with Gasteiger partial charge in [0.2, 0.25) is 5.91 Å². The maximum atomic E-state index is 12.4. The molecule has 1 fully saturated rings. The van der Waals surface area contributed by atoms with E-state index in [2.05, 4.69) is 19.2 Å². The van der Waals surface area contributed by atoms with Crippen LogP contribution in [0.3, 0.4) is 0 Å². The molecular formula is C18H25ClN2O2. The molecular weight excluding hydrogens is 312 g/mol. The molecule has 0 spiro atoms. The Kier molecular flexibility index (Phi) is 6.46. The number of amides is 2. The van der Waals surface area contributed by atoms with Crippen LogP contribution < -0.4 is 5.32 Å². The van der Waals surface area contributed by atoms with Gasteiger partial charge in [0.1, 0.15) is 0 Å². The van der Waals surface area contributed by atoms with Crippen LogP contribution in [-0.2, 0) is 4.79 Å². The van der Waals surface area contributed by atoms with E-state index in [0.29, 0.717) is 29.6 Å². The maximum Gasteiger partial charge on any atom is 0.253 e. The quantitative estimate of drug-likeness (QED) is 0.896. The first-order valence-electron chi connectivity index (χ1n) is 8.30. The summed E-state index contributed by atoms with van der Waals surface area (Å²) in [4.78, 5) is 26.4. The number of hydrogen-bond donors (Lipinski definition) is 1. The summed E-state index contributed by atoms with van der Waals surface area (Å²) >= 11 is 5.85. The number of rotatable bonds is 5. The second kappa shape index (κ2) is 8.34. The van der Waals surface area contributed by atoms with Crippen molar-refractivity contribution in [2.45, 2.75) is 33.1 Å². The number of nitrogens with one attached hydrogen (secondary N) is 1. The Morgan fingerprint density at radius 2 is 1.83 bits per heavy atom. The van der Waals surface area contributed by atoms with Gasteiger partial charge in [-0.15, -0.1) is 0 Å². The summed E-state index contributed by atoms with van der Waals surface area (Å²) in [5.74, 6) is 0.759. The molecule has 1 aromatic rings. The molecule has 1 aliphatic heterocycles. The Hall–Kier alpha value is -1.55. The van der Waals surface area contributed by atoms with Crippen LogP contribution in [0.1, 0.15) is 43.5 Å². The lowest BCUT2D eigenvalue weighted by Gasteiger charge is -2.31.